The van der Waals surface area contributed by atoms with Crippen LogP contribution in [0.5, 0.6) is 0 Å². The number of nitrogens with one attached hydrogen (secondary N) is 1. The summed E-state index contributed by atoms with van der Waals surface area (Å²) in [6.45, 7) is 8.76. The van der Waals surface area contributed by atoms with Crippen LogP contribution in [0.15, 0.2) is 17.2 Å². The van der Waals surface area contributed by atoms with Crippen molar-refractivity contribution in [1.82, 2.24) is 9.29 Å². The summed E-state index contributed by atoms with van der Waals surface area (Å²) in [7, 11) is -3.48. The van der Waals surface area contributed by atoms with Crippen molar-refractivity contribution in [3.05, 3.63) is 18.0 Å². The van der Waals surface area contributed by atoms with Crippen LogP contribution >= 0.6 is 0 Å². The van der Waals surface area contributed by atoms with Gasteiger partial charge in [0.25, 0.3) is 0 Å². The SMILES string of the molecule is CC1(C)C(NS(=O)(=O)c2cc(CN)n(C3CC3)c2)C1(C)C. The fourth-order valence-electron chi connectivity index (χ4n) is 3.21. The van der Waals surface area contributed by atoms with Crippen LogP contribution in [0.4, 0.5) is 0 Å². The van der Waals surface area contributed by atoms with E-state index in [1.165, 1.54) is 0 Å². The van der Waals surface area contributed by atoms with Crippen molar-refractivity contribution < 1.29 is 8.42 Å². The lowest BCUT2D eigenvalue weighted by atomic mass is 10.0. The van der Waals surface area contributed by atoms with E-state index in [-0.39, 0.29) is 16.9 Å². The second kappa shape index (κ2) is 4.33. The summed E-state index contributed by atoms with van der Waals surface area (Å²) in [5.74, 6) is 0. The van der Waals surface area contributed by atoms with Crippen LogP contribution in [0.2, 0.25) is 0 Å². The highest BCUT2D eigenvalue weighted by Crippen LogP contribution is 2.63. The smallest absolute Gasteiger partial charge is 0.242 e. The summed E-state index contributed by atoms with van der Waals surface area (Å²) in [5.41, 5.74) is 6.60. The molecule has 0 unspecified atom stereocenters. The van der Waals surface area contributed by atoms with Gasteiger partial charge in [0.05, 0.1) is 4.90 Å². The molecule has 0 saturated heterocycles. The molecule has 1 heterocycles. The predicted molar refractivity (Wildman–Crippen MR) is 82.3 cm³/mol. The summed E-state index contributed by atoms with van der Waals surface area (Å²) >= 11 is 0. The summed E-state index contributed by atoms with van der Waals surface area (Å²) in [6, 6.07) is 2.12. The van der Waals surface area contributed by atoms with E-state index in [1.807, 2.05) is 4.57 Å². The lowest BCUT2D eigenvalue weighted by Gasteiger charge is -2.06. The normalized spacial score (nSPS) is 24.2. The first kappa shape index (κ1) is 15.1. The zero-order chi connectivity index (χ0) is 15.6. The Balaban J connectivity index is 1.86. The van der Waals surface area contributed by atoms with Crippen molar-refractivity contribution in [2.75, 3.05) is 0 Å². The third kappa shape index (κ3) is 2.24. The Kier molecular flexibility index (Phi) is 3.11. The number of aromatic nitrogens is 1. The van der Waals surface area contributed by atoms with Crippen molar-refractivity contribution in [2.24, 2.45) is 16.6 Å². The van der Waals surface area contributed by atoms with Crippen LogP contribution in [0.1, 0.15) is 52.3 Å². The Morgan fingerprint density at radius 3 is 2.29 bits per heavy atom. The molecule has 0 atom stereocenters. The molecule has 0 spiro atoms. The highest BCUT2D eigenvalue weighted by atomic mass is 32.2. The zero-order valence-electron chi connectivity index (χ0n) is 13.2. The van der Waals surface area contributed by atoms with E-state index in [4.69, 9.17) is 5.73 Å². The molecule has 0 radical (unpaired) electrons. The van der Waals surface area contributed by atoms with Crippen molar-refractivity contribution in [3.63, 3.8) is 0 Å². The summed E-state index contributed by atoms with van der Waals surface area (Å²) in [6.07, 6.45) is 3.96. The molecule has 2 aliphatic rings. The van der Waals surface area contributed by atoms with Crippen LogP contribution in [-0.2, 0) is 16.6 Å². The van der Waals surface area contributed by atoms with E-state index in [0.29, 0.717) is 17.5 Å². The largest absolute Gasteiger partial charge is 0.346 e. The van der Waals surface area contributed by atoms with E-state index in [0.717, 1.165) is 18.5 Å². The lowest BCUT2D eigenvalue weighted by Crippen LogP contribution is -2.29. The standard InChI is InChI=1S/C15H25N3O2S/c1-14(2)13(15(14,3)4)17-21(19,20)12-7-11(8-16)18(9-12)10-5-6-10/h7,9-10,13,17H,5-6,8,16H2,1-4H3. The van der Waals surface area contributed by atoms with Crippen LogP contribution in [0, 0.1) is 10.8 Å². The minimum atomic E-state index is -3.48. The Labute approximate surface area is 127 Å². The maximum Gasteiger partial charge on any atom is 0.242 e. The molecule has 0 aliphatic heterocycles. The minimum Gasteiger partial charge on any atom is -0.346 e. The Morgan fingerprint density at radius 1 is 1.29 bits per heavy atom. The minimum absolute atomic E-state index is 0.0180. The van der Waals surface area contributed by atoms with E-state index in [2.05, 4.69) is 32.4 Å². The van der Waals surface area contributed by atoms with Gasteiger partial charge in [0.2, 0.25) is 10.0 Å². The molecule has 3 N–H and O–H groups in total. The van der Waals surface area contributed by atoms with Gasteiger partial charge >= 0.3 is 0 Å². The maximum absolute atomic E-state index is 12.6. The average molecular weight is 311 g/mol. The highest BCUT2D eigenvalue weighted by molar-refractivity contribution is 7.89. The molecule has 0 bridgehead atoms. The van der Waals surface area contributed by atoms with Gasteiger partial charge < -0.3 is 10.3 Å². The first-order chi connectivity index (χ1) is 9.61. The third-order valence-electron chi connectivity index (χ3n) is 5.66. The fourth-order valence-corrected chi connectivity index (χ4v) is 4.79. The molecule has 0 aromatic carbocycles. The van der Waals surface area contributed by atoms with Crippen LogP contribution in [-0.4, -0.2) is 19.0 Å². The van der Waals surface area contributed by atoms with Crippen molar-refractivity contribution >= 4 is 10.0 Å². The van der Waals surface area contributed by atoms with E-state index in [9.17, 15) is 8.42 Å². The van der Waals surface area contributed by atoms with Gasteiger partial charge in [0.1, 0.15) is 0 Å². The average Bonchev–Trinajstić information content (AvgIpc) is 3.22. The molecule has 21 heavy (non-hydrogen) atoms. The molecular weight excluding hydrogens is 286 g/mol. The first-order valence-corrected chi connectivity index (χ1v) is 9.03. The van der Waals surface area contributed by atoms with Crippen LogP contribution in [0.3, 0.4) is 0 Å². The zero-order valence-corrected chi connectivity index (χ0v) is 14.0. The third-order valence-corrected chi connectivity index (χ3v) is 7.05. The van der Waals surface area contributed by atoms with Gasteiger partial charge in [-0.05, 0) is 29.7 Å². The quantitative estimate of drug-likeness (QED) is 0.873. The van der Waals surface area contributed by atoms with Crippen molar-refractivity contribution in [3.8, 4) is 0 Å². The number of nitrogens with zero attached hydrogens (tertiary/aromatic N) is 1. The summed E-state index contributed by atoms with van der Waals surface area (Å²) in [5, 5.41) is 0. The molecule has 2 saturated carbocycles. The second-order valence-electron chi connectivity index (χ2n) is 7.51. The molecule has 1 aromatic heterocycles. The van der Waals surface area contributed by atoms with Gasteiger partial charge in [-0.25, -0.2) is 13.1 Å². The van der Waals surface area contributed by atoms with Crippen molar-refractivity contribution in [1.29, 1.82) is 0 Å². The maximum atomic E-state index is 12.6. The second-order valence-corrected chi connectivity index (χ2v) is 9.22. The van der Waals surface area contributed by atoms with Crippen LogP contribution in [0.25, 0.3) is 0 Å². The lowest BCUT2D eigenvalue weighted by molar-refractivity contribution is 0.457. The molecule has 2 fully saturated rings. The van der Waals surface area contributed by atoms with Gasteiger partial charge in [0, 0.05) is 30.5 Å². The molecule has 3 rings (SSSR count). The molecule has 5 nitrogen and oxygen atoms in total. The topological polar surface area (TPSA) is 77.1 Å². The first-order valence-electron chi connectivity index (χ1n) is 7.54. The van der Waals surface area contributed by atoms with Gasteiger partial charge in [-0.1, -0.05) is 27.7 Å². The van der Waals surface area contributed by atoms with E-state index in [1.54, 1.807) is 12.3 Å². The Bertz CT molecular complexity index is 655. The van der Waals surface area contributed by atoms with E-state index < -0.39 is 10.0 Å². The Hall–Kier alpha value is -0.850. The molecule has 6 heteroatoms. The number of hydrogen-bond donors (Lipinski definition) is 2. The van der Waals surface area contributed by atoms with Gasteiger partial charge in [-0.2, -0.15) is 0 Å². The summed E-state index contributed by atoms with van der Waals surface area (Å²) < 4.78 is 30.1. The molecule has 1 aromatic rings. The van der Waals surface area contributed by atoms with Crippen molar-refractivity contribution in [2.45, 2.75) is 64.1 Å². The molecule has 0 amide bonds. The predicted octanol–water partition coefficient (Wildman–Crippen LogP) is 1.99. The number of nitrogens with two attached hydrogens (primary N) is 1. The number of sulfonamides is 1. The number of rotatable bonds is 5. The number of hydrogen-bond acceptors (Lipinski definition) is 3. The molecule has 118 valence electrons. The monoisotopic (exact) mass is 311 g/mol. The Morgan fingerprint density at radius 2 is 1.86 bits per heavy atom. The molecule has 2 aliphatic carbocycles. The van der Waals surface area contributed by atoms with Crippen LogP contribution < -0.4 is 10.5 Å². The van der Waals surface area contributed by atoms with Gasteiger partial charge in [-0.15, -0.1) is 0 Å². The van der Waals surface area contributed by atoms with Gasteiger partial charge in [0.15, 0.2) is 0 Å². The fraction of sp³-hybridized carbons (Fsp3) is 0.733. The van der Waals surface area contributed by atoms with E-state index >= 15 is 0 Å². The molecular formula is C15H25N3O2S. The highest BCUT2D eigenvalue weighted by Gasteiger charge is 2.66. The van der Waals surface area contributed by atoms with Gasteiger partial charge in [-0.3, -0.25) is 0 Å². The summed E-state index contributed by atoms with van der Waals surface area (Å²) in [4.78, 5) is 0.341.